The maximum Gasteiger partial charge on any atom is 0.185 e. The van der Waals surface area contributed by atoms with E-state index in [9.17, 15) is 9.00 Å². The molecule has 0 aliphatic carbocycles. The normalized spacial score (nSPS) is 14.9. The molecule has 0 amide bonds. The largest absolute Gasteiger partial charge is 0.292 e. The zero-order valence-corrected chi connectivity index (χ0v) is 10.9. The maximum absolute atomic E-state index is 11.7. The molecule has 0 saturated heterocycles. The van der Waals surface area contributed by atoms with Crippen LogP contribution in [-0.4, -0.2) is 21.0 Å². The van der Waals surface area contributed by atoms with E-state index in [1.807, 2.05) is 32.9 Å². The zero-order chi connectivity index (χ0) is 11.4. The number of hydrogen-bond acceptors (Lipinski definition) is 3. The second-order valence-corrected chi connectivity index (χ2v) is 6.72. The molecule has 15 heavy (non-hydrogen) atoms. The van der Waals surface area contributed by atoms with Crippen molar-refractivity contribution in [3.63, 3.8) is 0 Å². The predicted molar refractivity (Wildman–Crippen MR) is 66.1 cm³/mol. The van der Waals surface area contributed by atoms with Crippen LogP contribution in [0.2, 0.25) is 0 Å². The zero-order valence-electron chi connectivity index (χ0n) is 9.28. The van der Waals surface area contributed by atoms with Gasteiger partial charge in [-0.1, -0.05) is 13.8 Å². The van der Waals surface area contributed by atoms with Gasteiger partial charge >= 0.3 is 0 Å². The van der Waals surface area contributed by atoms with Crippen molar-refractivity contribution in [1.82, 2.24) is 0 Å². The van der Waals surface area contributed by atoms with Crippen molar-refractivity contribution in [1.29, 1.82) is 0 Å². The molecular weight excluding hydrogens is 228 g/mol. The number of hydrogen-bond donors (Lipinski definition) is 0. The van der Waals surface area contributed by atoms with Crippen molar-refractivity contribution in [3.05, 3.63) is 21.9 Å². The molecule has 4 heteroatoms. The fourth-order valence-corrected chi connectivity index (χ4v) is 3.08. The van der Waals surface area contributed by atoms with Gasteiger partial charge in [0.2, 0.25) is 0 Å². The average molecular weight is 244 g/mol. The van der Waals surface area contributed by atoms with E-state index in [1.54, 1.807) is 0 Å². The lowest BCUT2D eigenvalue weighted by Crippen LogP contribution is -2.18. The Balaban J connectivity index is 2.60. The molecule has 2 nitrogen and oxygen atoms in total. The number of thiophene rings is 1. The fourth-order valence-electron chi connectivity index (χ4n) is 1.11. The molecule has 0 N–H and O–H groups in total. The molecule has 2 atom stereocenters. The smallest absolute Gasteiger partial charge is 0.185 e. The summed E-state index contributed by atoms with van der Waals surface area (Å²) in [5.41, 5.74) is 0. The van der Waals surface area contributed by atoms with Crippen LogP contribution in [0, 0.1) is 6.92 Å². The van der Waals surface area contributed by atoms with E-state index in [2.05, 4.69) is 0 Å². The summed E-state index contributed by atoms with van der Waals surface area (Å²) in [7, 11) is -1.03. The van der Waals surface area contributed by atoms with Crippen molar-refractivity contribution in [3.8, 4) is 0 Å². The summed E-state index contributed by atoms with van der Waals surface area (Å²) in [6.45, 7) is 5.87. The van der Waals surface area contributed by atoms with E-state index in [0.29, 0.717) is 0 Å². The first-order valence-electron chi connectivity index (χ1n) is 5.01. The maximum atomic E-state index is 11.7. The number of aryl methyl sites for hydroxylation is 1. The monoisotopic (exact) mass is 244 g/mol. The number of rotatable bonds is 5. The van der Waals surface area contributed by atoms with Gasteiger partial charge in [-0.15, -0.1) is 11.3 Å². The van der Waals surface area contributed by atoms with Gasteiger partial charge in [-0.3, -0.25) is 9.00 Å². The Morgan fingerprint density at radius 3 is 2.67 bits per heavy atom. The molecule has 0 aromatic carbocycles. The number of Topliss-reactive ketones (excluding diaryl/α,β-unsaturated/α-hetero) is 1. The van der Waals surface area contributed by atoms with Gasteiger partial charge in [0.15, 0.2) is 5.78 Å². The van der Waals surface area contributed by atoms with Crippen LogP contribution in [0.15, 0.2) is 12.1 Å². The van der Waals surface area contributed by atoms with Crippen molar-refractivity contribution in [2.75, 3.05) is 5.75 Å². The molecule has 0 aliphatic rings. The highest BCUT2D eigenvalue weighted by atomic mass is 32.2. The third kappa shape index (κ3) is 3.54. The summed E-state index contributed by atoms with van der Waals surface area (Å²) in [6.07, 6.45) is 0.851. The SMILES string of the molecule is CCC(C)S(=O)CC(=O)c1ccc(C)s1. The second-order valence-electron chi connectivity index (χ2n) is 3.58. The molecule has 0 radical (unpaired) electrons. The lowest BCUT2D eigenvalue weighted by Gasteiger charge is -2.06. The first-order chi connectivity index (χ1) is 7.04. The Hall–Kier alpha value is -0.480. The average Bonchev–Trinajstić information content (AvgIpc) is 2.63. The highest BCUT2D eigenvalue weighted by molar-refractivity contribution is 7.86. The Morgan fingerprint density at radius 2 is 2.20 bits per heavy atom. The summed E-state index contributed by atoms with van der Waals surface area (Å²) in [6, 6.07) is 3.74. The summed E-state index contributed by atoms with van der Waals surface area (Å²) < 4.78 is 11.7. The van der Waals surface area contributed by atoms with Gasteiger partial charge in [0.1, 0.15) is 0 Å². The van der Waals surface area contributed by atoms with Gasteiger partial charge in [0.25, 0.3) is 0 Å². The molecule has 1 aromatic heterocycles. The first kappa shape index (κ1) is 12.6. The fraction of sp³-hybridized carbons (Fsp3) is 0.545. The first-order valence-corrected chi connectivity index (χ1v) is 7.21. The molecule has 2 unspecified atom stereocenters. The number of carbonyl (C=O) groups is 1. The van der Waals surface area contributed by atoms with Crippen molar-refractivity contribution in [2.24, 2.45) is 0 Å². The van der Waals surface area contributed by atoms with Crippen LogP contribution in [-0.2, 0) is 10.8 Å². The minimum Gasteiger partial charge on any atom is -0.292 e. The standard InChI is InChI=1S/C11H16O2S2/c1-4-9(3)15(13)7-10(12)11-6-5-8(2)14-11/h5-6,9H,4,7H2,1-3H3. The molecule has 0 fully saturated rings. The Labute approximate surface area is 97.2 Å². The van der Waals surface area contributed by atoms with Gasteiger partial charge in [0, 0.05) is 20.9 Å². The topological polar surface area (TPSA) is 34.1 Å². The quantitative estimate of drug-likeness (QED) is 0.746. The molecule has 1 rings (SSSR count). The van der Waals surface area contributed by atoms with Crippen molar-refractivity contribution >= 4 is 27.9 Å². The minimum atomic E-state index is -1.03. The van der Waals surface area contributed by atoms with Gasteiger partial charge in [0.05, 0.1) is 10.6 Å². The summed E-state index contributed by atoms with van der Waals surface area (Å²) in [4.78, 5) is 13.6. The van der Waals surface area contributed by atoms with E-state index in [0.717, 1.165) is 16.2 Å². The van der Waals surface area contributed by atoms with E-state index in [4.69, 9.17) is 0 Å². The lowest BCUT2D eigenvalue weighted by molar-refractivity contribution is 0.102. The van der Waals surface area contributed by atoms with Crippen LogP contribution in [0.3, 0.4) is 0 Å². The lowest BCUT2D eigenvalue weighted by atomic mass is 10.3. The third-order valence-electron chi connectivity index (χ3n) is 2.31. The van der Waals surface area contributed by atoms with E-state index >= 15 is 0 Å². The summed E-state index contributed by atoms with van der Waals surface area (Å²) in [5.74, 6) is 0.168. The third-order valence-corrected chi connectivity index (χ3v) is 5.13. The van der Waals surface area contributed by atoms with Crippen LogP contribution in [0.1, 0.15) is 34.8 Å². The van der Waals surface area contributed by atoms with E-state index in [1.165, 1.54) is 11.3 Å². The van der Waals surface area contributed by atoms with Gasteiger partial charge in [-0.2, -0.15) is 0 Å². The molecule has 1 heterocycles. The molecule has 0 bridgehead atoms. The predicted octanol–water partition coefficient (Wildman–Crippen LogP) is 2.79. The van der Waals surface area contributed by atoms with Crippen LogP contribution in [0.4, 0.5) is 0 Å². The molecular formula is C11H16O2S2. The van der Waals surface area contributed by atoms with Crippen LogP contribution < -0.4 is 0 Å². The minimum absolute atomic E-state index is 0.00623. The number of carbonyl (C=O) groups excluding carboxylic acids is 1. The number of ketones is 1. The Kier molecular flexibility index (Phi) is 4.67. The van der Waals surface area contributed by atoms with Crippen LogP contribution >= 0.6 is 11.3 Å². The van der Waals surface area contributed by atoms with E-state index in [-0.39, 0.29) is 16.8 Å². The molecule has 0 saturated carbocycles. The second kappa shape index (κ2) is 5.56. The molecule has 1 aromatic rings. The van der Waals surface area contributed by atoms with Crippen molar-refractivity contribution in [2.45, 2.75) is 32.4 Å². The Morgan fingerprint density at radius 1 is 1.53 bits per heavy atom. The van der Waals surface area contributed by atoms with Crippen LogP contribution in [0.5, 0.6) is 0 Å². The Bertz CT molecular complexity index is 368. The summed E-state index contributed by atoms with van der Waals surface area (Å²) >= 11 is 1.47. The van der Waals surface area contributed by atoms with Gasteiger partial charge in [-0.05, 0) is 25.5 Å². The molecule has 84 valence electrons. The van der Waals surface area contributed by atoms with Crippen molar-refractivity contribution < 1.29 is 9.00 Å². The molecule has 0 aliphatic heterocycles. The molecule has 0 spiro atoms. The van der Waals surface area contributed by atoms with Gasteiger partial charge < -0.3 is 0 Å². The van der Waals surface area contributed by atoms with Crippen LogP contribution in [0.25, 0.3) is 0 Å². The highest BCUT2D eigenvalue weighted by Gasteiger charge is 2.15. The summed E-state index contributed by atoms with van der Waals surface area (Å²) in [5, 5.41) is 0.106. The van der Waals surface area contributed by atoms with E-state index < -0.39 is 10.8 Å². The van der Waals surface area contributed by atoms with Gasteiger partial charge in [-0.25, -0.2) is 0 Å². The highest BCUT2D eigenvalue weighted by Crippen LogP contribution is 2.16.